The summed E-state index contributed by atoms with van der Waals surface area (Å²) >= 11 is 0. The van der Waals surface area contributed by atoms with Gasteiger partial charge in [0.25, 0.3) is 0 Å². The van der Waals surface area contributed by atoms with E-state index in [0.29, 0.717) is 34.0 Å². The first-order valence-corrected chi connectivity index (χ1v) is 25.9. The summed E-state index contributed by atoms with van der Waals surface area (Å²) in [6.45, 7) is 5.48. The largest absolute Gasteiger partial charge is 0.508 e. The Morgan fingerprint density at radius 2 is 0.976 bits per heavy atom. The second kappa shape index (κ2) is 30.8. The minimum Gasteiger partial charge on any atom is -0.508 e. The number of benzene rings is 3. The van der Waals surface area contributed by atoms with Gasteiger partial charge in [-0.1, -0.05) is 80.9 Å². The summed E-state index contributed by atoms with van der Waals surface area (Å²) in [6.07, 6.45) is -3.55. The molecule has 11 unspecified atom stereocenters. The molecule has 0 spiro atoms. The summed E-state index contributed by atoms with van der Waals surface area (Å²) in [5.74, 6) is -15.5. The number of primary amides is 1. The number of phenolic OH excluding ortho intramolecular Hbond substituents is 1. The Hall–Kier alpha value is -9.44. The lowest BCUT2D eigenvalue weighted by Gasteiger charge is -2.27. The number of aromatic hydroxyl groups is 1. The van der Waals surface area contributed by atoms with Gasteiger partial charge in [-0.15, -0.1) is 0 Å². The van der Waals surface area contributed by atoms with Crippen LogP contribution < -0.4 is 54.0 Å². The molecule has 0 aliphatic heterocycles. The number of nitrogens with one attached hydrogen (secondary N) is 9. The lowest BCUT2D eigenvalue weighted by atomic mass is 9.98. The number of H-pyrrole nitrogens is 1. The van der Waals surface area contributed by atoms with E-state index in [0.717, 1.165) is 13.8 Å². The van der Waals surface area contributed by atoms with E-state index < -0.39 is 157 Å². The highest BCUT2D eigenvalue weighted by Gasteiger charge is 2.37. The van der Waals surface area contributed by atoms with Crippen molar-refractivity contribution in [3.8, 4) is 5.75 Å². The highest BCUT2D eigenvalue weighted by atomic mass is 16.4. The number of fused-ring (bicyclic) bond motifs is 1. The SMILES string of the molecule is CCC(C)C(NC(=O)C(CC(=O)O)NC(=O)C(Cc1ccccc1)NC(=O)C(C)NC(=O)C(CC(=O)O)NC(=O)C(Cc1c[nH]c2ccccc12)NC(=O)C(CC(N)=O)NC(=O)C(NC(=O)C(N)Cc1ccc(O)cc1)C(C)O)C(=O)O. The van der Waals surface area contributed by atoms with E-state index in [1.54, 1.807) is 61.5 Å². The average molecular weight is 1140 g/mol. The van der Waals surface area contributed by atoms with E-state index in [1.165, 1.54) is 37.4 Å². The number of aliphatic hydroxyl groups is 1. The minimum atomic E-state index is -2.00. The molecule has 82 heavy (non-hydrogen) atoms. The minimum absolute atomic E-state index is 0.0401. The van der Waals surface area contributed by atoms with Crippen molar-refractivity contribution in [2.45, 2.75) is 133 Å². The number of nitrogens with two attached hydrogens (primary N) is 2. The maximum absolute atomic E-state index is 14.4. The standard InChI is InChI=1S/C54H69N11O17/c1-5-26(2)44(54(81)82)64-52(79)40(24-43(71)72)62-49(76)36(20-29-11-7-6-8-12-29)59-46(73)27(3)58-48(75)39(23-42(69)70)61-50(77)37(21-31-25-57-35-14-10-9-13-33(31)35)60-51(78)38(22-41(56)68)63-53(80)45(28(4)66)65-47(74)34(55)19-30-15-17-32(67)18-16-30/h6-18,25-28,34,36-40,44-45,57,66-67H,5,19-24,55H2,1-4H3,(H2,56,68)(H,58,75)(H,59,73)(H,60,78)(H,61,77)(H,62,76)(H,63,80)(H,64,79)(H,65,74)(H,69,70)(H,71,72)(H,81,82). The first-order chi connectivity index (χ1) is 38.7. The van der Waals surface area contributed by atoms with Gasteiger partial charge in [0.15, 0.2) is 0 Å². The number of carbonyl (C=O) groups is 12. The van der Waals surface area contributed by atoms with Crippen molar-refractivity contribution >= 4 is 82.0 Å². The van der Waals surface area contributed by atoms with Crippen LogP contribution in [0.3, 0.4) is 0 Å². The molecular weight excluding hydrogens is 1070 g/mol. The van der Waals surface area contributed by atoms with Crippen LogP contribution in [0.5, 0.6) is 5.75 Å². The number of aliphatic hydroxyl groups excluding tert-OH is 1. The zero-order valence-corrected chi connectivity index (χ0v) is 45.2. The number of carbonyl (C=O) groups excluding carboxylic acids is 9. The van der Waals surface area contributed by atoms with Crippen molar-refractivity contribution in [3.05, 3.63) is 102 Å². The highest BCUT2D eigenvalue weighted by molar-refractivity contribution is 6.00. The Morgan fingerprint density at radius 3 is 1.52 bits per heavy atom. The average Bonchev–Trinajstić information content (AvgIpc) is 3.96. The predicted octanol–water partition coefficient (Wildman–Crippen LogP) is -2.54. The van der Waals surface area contributed by atoms with E-state index in [-0.39, 0.29) is 25.0 Å². The third kappa shape index (κ3) is 20.0. The smallest absolute Gasteiger partial charge is 0.326 e. The Balaban J connectivity index is 1.58. The number of phenols is 1. The Bertz CT molecular complexity index is 2950. The number of rotatable bonds is 32. The number of aliphatic carboxylic acids is 3. The van der Waals surface area contributed by atoms with Crippen molar-refractivity contribution in [2.24, 2.45) is 17.4 Å². The molecule has 9 amide bonds. The topological polar surface area (TPSA) is 470 Å². The number of hydrogen-bond donors (Lipinski definition) is 16. The molecule has 1 heterocycles. The predicted molar refractivity (Wildman–Crippen MR) is 290 cm³/mol. The molecule has 0 bridgehead atoms. The van der Waals surface area contributed by atoms with Crippen LogP contribution >= 0.6 is 0 Å². The van der Waals surface area contributed by atoms with Gasteiger partial charge in [-0.2, -0.15) is 0 Å². The number of carboxylic acids is 3. The van der Waals surface area contributed by atoms with Gasteiger partial charge in [-0.25, -0.2) is 4.79 Å². The third-order valence-electron chi connectivity index (χ3n) is 13.0. The fourth-order valence-corrected chi connectivity index (χ4v) is 8.30. The lowest BCUT2D eigenvalue weighted by molar-refractivity contribution is -0.145. The van der Waals surface area contributed by atoms with Gasteiger partial charge in [0, 0.05) is 29.9 Å². The Kier molecular flexibility index (Phi) is 24.4. The van der Waals surface area contributed by atoms with Crippen molar-refractivity contribution in [1.82, 2.24) is 47.5 Å². The van der Waals surface area contributed by atoms with E-state index in [1.807, 2.05) is 0 Å². The summed E-state index contributed by atoms with van der Waals surface area (Å²) in [5.41, 5.74) is 13.5. The molecule has 18 N–H and O–H groups in total. The van der Waals surface area contributed by atoms with Gasteiger partial charge >= 0.3 is 17.9 Å². The summed E-state index contributed by atoms with van der Waals surface area (Å²) in [5, 5.41) is 68.5. The van der Waals surface area contributed by atoms with Crippen molar-refractivity contribution < 1.29 is 83.1 Å². The molecule has 0 fully saturated rings. The summed E-state index contributed by atoms with van der Waals surface area (Å²) in [6, 6.07) is 5.36. The number of para-hydroxylation sites is 1. The van der Waals surface area contributed by atoms with Crippen LogP contribution in [0, 0.1) is 5.92 Å². The van der Waals surface area contributed by atoms with Crippen LogP contribution in [0.4, 0.5) is 0 Å². The van der Waals surface area contributed by atoms with Crippen LogP contribution in [0.1, 0.15) is 70.1 Å². The molecule has 0 saturated heterocycles. The van der Waals surface area contributed by atoms with Gasteiger partial charge in [0.05, 0.1) is 31.4 Å². The molecule has 0 saturated carbocycles. The fraction of sp³-hybridized carbons (Fsp3) is 0.407. The molecule has 4 aromatic rings. The van der Waals surface area contributed by atoms with E-state index >= 15 is 0 Å². The Morgan fingerprint density at radius 1 is 0.512 bits per heavy atom. The van der Waals surface area contributed by atoms with Crippen molar-refractivity contribution in [3.63, 3.8) is 0 Å². The molecule has 0 aliphatic rings. The normalized spacial score (nSPS) is 15.1. The zero-order chi connectivity index (χ0) is 61.0. The second-order valence-electron chi connectivity index (χ2n) is 19.6. The molecule has 11 atom stereocenters. The quantitative estimate of drug-likeness (QED) is 0.0240. The summed E-state index contributed by atoms with van der Waals surface area (Å²) < 4.78 is 0. The summed E-state index contributed by atoms with van der Waals surface area (Å²) in [7, 11) is 0. The van der Waals surface area contributed by atoms with Crippen LogP contribution in [0.15, 0.2) is 85.1 Å². The molecule has 1 aromatic heterocycles. The maximum atomic E-state index is 14.4. The zero-order valence-electron chi connectivity index (χ0n) is 45.2. The molecule has 442 valence electrons. The molecule has 4 rings (SSSR count). The number of hydrogen-bond acceptors (Lipinski definition) is 15. The number of aromatic nitrogens is 1. The third-order valence-corrected chi connectivity index (χ3v) is 13.0. The monoisotopic (exact) mass is 1140 g/mol. The van der Waals surface area contributed by atoms with Gasteiger partial charge in [-0.3, -0.25) is 52.7 Å². The first-order valence-electron chi connectivity index (χ1n) is 25.9. The summed E-state index contributed by atoms with van der Waals surface area (Å²) in [4.78, 5) is 162. The van der Waals surface area contributed by atoms with Crippen LogP contribution in [-0.2, 0) is 76.8 Å². The van der Waals surface area contributed by atoms with Gasteiger partial charge in [0.1, 0.15) is 54.1 Å². The molecule has 28 nitrogen and oxygen atoms in total. The van der Waals surface area contributed by atoms with Crippen molar-refractivity contribution in [2.75, 3.05) is 0 Å². The van der Waals surface area contributed by atoms with Gasteiger partial charge in [-0.05, 0) is 61.1 Å². The van der Waals surface area contributed by atoms with Crippen molar-refractivity contribution in [1.29, 1.82) is 0 Å². The number of amides is 9. The van der Waals surface area contributed by atoms with Crippen LogP contribution in [-0.4, -0.2) is 162 Å². The van der Waals surface area contributed by atoms with E-state index in [4.69, 9.17) is 11.5 Å². The molecule has 0 aliphatic carbocycles. The van der Waals surface area contributed by atoms with Gasteiger partial charge in [0.2, 0.25) is 53.2 Å². The van der Waals surface area contributed by atoms with E-state index in [9.17, 15) is 83.1 Å². The first kappa shape index (κ1) is 65.1. The maximum Gasteiger partial charge on any atom is 0.326 e. The van der Waals surface area contributed by atoms with E-state index in [2.05, 4.69) is 47.5 Å². The lowest BCUT2D eigenvalue weighted by Crippen LogP contribution is -2.62. The molecular formula is C54H69N11O17. The second-order valence-corrected chi connectivity index (χ2v) is 19.6. The number of carboxylic acid groups (broad SMARTS) is 3. The molecule has 3 aromatic carbocycles. The molecule has 0 radical (unpaired) electrons. The highest BCUT2D eigenvalue weighted by Crippen LogP contribution is 2.20. The molecule has 28 heteroatoms. The van der Waals surface area contributed by atoms with Crippen LogP contribution in [0.2, 0.25) is 0 Å². The van der Waals surface area contributed by atoms with Gasteiger partial charge < -0.3 is 84.5 Å². The fourth-order valence-electron chi connectivity index (χ4n) is 8.30. The van der Waals surface area contributed by atoms with Crippen LogP contribution in [0.25, 0.3) is 10.9 Å². The Labute approximate surface area is 469 Å². The number of aromatic amines is 1.